The number of nitrogens with one attached hydrogen (secondary N) is 2. The maximum atomic E-state index is 14.0. The third-order valence-corrected chi connectivity index (χ3v) is 12.0. The molecule has 0 radical (unpaired) electrons. The van der Waals surface area contributed by atoms with Gasteiger partial charge < -0.3 is 30.0 Å². The fraction of sp³-hybridized carbons (Fsp3) is 0.277. The van der Waals surface area contributed by atoms with E-state index < -0.39 is 24.3 Å². The van der Waals surface area contributed by atoms with E-state index in [1.165, 1.54) is 14.1 Å². The van der Waals surface area contributed by atoms with Crippen molar-refractivity contribution >= 4 is 24.0 Å². The number of H-pyrrole nitrogens is 2. The lowest BCUT2D eigenvalue weighted by Gasteiger charge is -2.32. The first-order valence-corrected chi connectivity index (χ1v) is 20.4. The molecule has 0 spiro atoms. The molecule has 4 heterocycles. The Kier molecular flexibility index (Phi) is 11.4. The predicted molar refractivity (Wildman–Crippen MR) is 229 cm³/mol. The van der Waals surface area contributed by atoms with Crippen LogP contribution in [0, 0.1) is 6.92 Å². The summed E-state index contributed by atoms with van der Waals surface area (Å²) in [6, 6.07) is 29.9. The Morgan fingerprint density at radius 3 is 1.49 bits per heavy atom. The standard InChI is InChI=1S/C47H48N8O6/c1-29-26-34(37-28-49-43(51-37)39-17-11-25-55(39)45(57)41(53(3)47(60)61)33-14-8-5-9-15-33)22-23-35(29)30-18-20-31(21-19-30)36-27-48-42(50-36)38-16-10-24-54(38)44(56)40(52(2)46(58)59)32-12-6-4-7-13-32/h4-9,12-15,18-23,26-28,38-41H,10-11,16-17,24-25H2,1-3H3,(H,48,50)(H,49,51)(H,58,59)(H,60,61)/t38-,39-,40+,41+/m0/s1. The smallest absolute Gasteiger partial charge is 0.407 e. The largest absolute Gasteiger partial charge is 0.465 e. The van der Waals surface area contributed by atoms with Gasteiger partial charge in [-0.1, -0.05) is 97.1 Å². The summed E-state index contributed by atoms with van der Waals surface area (Å²) < 4.78 is 0. The maximum Gasteiger partial charge on any atom is 0.407 e. The van der Waals surface area contributed by atoms with Crippen molar-refractivity contribution in [2.45, 2.75) is 56.8 Å². The molecule has 4 atom stereocenters. The lowest BCUT2D eigenvalue weighted by atomic mass is 9.96. The van der Waals surface area contributed by atoms with E-state index in [1.54, 1.807) is 70.7 Å². The molecular formula is C47H48N8O6. The van der Waals surface area contributed by atoms with E-state index in [4.69, 9.17) is 9.97 Å². The van der Waals surface area contributed by atoms with Crippen LogP contribution in [0.2, 0.25) is 0 Å². The highest BCUT2D eigenvalue weighted by Gasteiger charge is 2.40. The minimum atomic E-state index is -1.18. The molecule has 2 aromatic heterocycles. The SMILES string of the molecule is Cc1cc(-c2cnc([C@@H]3CCCN3C(=O)[C@@H](c3ccccc3)N(C)C(=O)O)[nH]2)ccc1-c1ccc(-c2cnc([C@@H]3CCCN3C(=O)[C@@H](c3ccccc3)N(C)C(=O)O)[nH]2)cc1. The number of likely N-dealkylation sites (tertiary alicyclic amines) is 2. The van der Waals surface area contributed by atoms with Gasteiger partial charge in [0.05, 0.1) is 35.9 Å². The lowest BCUT2D eigenvalue weighted by Crippen LogP contribution is -2.43. The van der Waals surface area contributed by atoms with Crippen LogP contribution in [0.3, 0.4) is 0 Å². The van der Waals surface area contributed by atoms with Crippen molar-refractivity contribution < 1.29 is 29.4 Å². The van der Waals surface area contributed by atoms with Crippen LogP contribution in [0.15, 0.2) is 116 Å². The molecule has 0 aliphatic carbocycles. The highest BCUT2D eigenvalue weighted by atomic mass is 16.4. The number of aryl methyl sites for hydroxylation is 1. The summed E-state index contributed by atoms with van der Waals surface area (Å²) in [6.45, 7) is 3.08. The fourth-order valence-corrected chi connectivity index (χ4v) is 8.79. The highest BCUT2D eigenvalue weighted by molar-refractivity contribution is 5.88. The number of carboxylic acid groups (broad SMARTS) is 2. The van der Waals surface area contributed by atoms with Crippen LogP contribution >= 0.6 is 0 Å². The maximum absolute atomic E-state index is 14.0. The van der Waals surface area contributed by atoms with Crippen molar-refractivity contribution in [1.29, 1.82) is 0 Å². The van der Waals surface area contributed by atoms with E-state index in [-0.39, 0.29) is 23.9 Å². The van der Waals surface area contributed by atoms with E-state index in [9.17, 15) is 29.4 Å². The van der Waals surface area contributed by atoms with Crippen LogP contribution in [-0.4, -0.2) is 101 Å². The van der Waals surface area contributed by atoms with Crippen LogP contribution in [0.1, 0.15) is 78.2 Å². The zero-order chi connectivity index (χ0) is 42.8. The summed E-state index contributed by atoms with van der Waals surface area (Å²) in [7, 11) is 2.85. The number of carbonyl (C=O) groups excluding carboxylic acids is 2. The minimum Gasteiger partial charge on any atom is -0.465 e. The number of imidazole rings is 2. The molecule has 2 aliphatic rings. The summed E-state index contributed by atoms with van der Waals surface area (Å²) >= 11 is 0. The molecule has 4 N–H and O–H groups in total. The van der Waals surface area contributed by atoms with Gasteiger partial charge in [0.25, 0.3) is 11.8 Å². The average molecular weight is 821 g/mol. The number of likely N-dealkylation sites (N-methyl/N-ethyl adjacent to an activating group) is 2. The summed E-state index contributed by atoms with van der Waals surface area (Å²) in [5.41, 5.74) is 7.95. The van der Waals surface area contributed by atoms with Crippen molar-refractivity contribution in [1.82, 2.24) is 39.5 Å². The van der Waals surface area contributed by atoms with Gasteiger partial charge in [-0.2, -0.15) is 0 Å². The number of aromatic nitrogens is 4. The van der Waals surface area contributed by atoms with Crippen LogP contribution in [0.5, 0.6) is 0 Å². The van der Waals surface area contributed by atoms with E-state index in [1.807, 2.05) is 30.3 Å². The number of aromatic amines is 2. The summed E-state index contributed by atoms with van der Waals surface area (Å²) in [6.07, 6.45) is 4.20. The molecule has 6 aromatic rings. The number of benzene rings is 4. The molecule has 2 aliphatic heterocycles. The first-order valence-electron chi connectivity index (χ1n) is 20.4. The predicted octanol–water partition coefficient (Wildman–Crippen LogP) is 8.47. The van der Waals surface area contributed by atoms with Gasteiger partial charge in [-0.3, -0.25) is 19.4 Å². The Balaban J connectivity index is 0.957. The molecule has 14 heteroatoms. The lowest BCUT2D eigenvalue weighted by molar-refractivity contribution is -0.138. The topological polar surface area (TPSA) is 179 Å². The number of nitrogens with zero attached hydrogens (tertiary/aromatic N) is 6. The van der Waals surface area contributed by atoms with Crippen LogP contribution in [-0.2, 0) is 9.59 Å². The van der Waals surface area contributed by atoms with E-state index in [2.05, 4.69) is 41.2 Å². The first-order chi connectivity index (χ1) is 29.5. The van der Waals surface area contributed by atoms with Gasteiger partial charge >= 0.3 is 12.2 Å². The van der Waals surface area contributed by atoms with Gasteiger partial charge in [0.1, 0.15) is 23.7 Å². The van der Waals surface area contributed by atoms with Crippen LogP contribution in [0.25, 0.3) is 33.6 Å². The molecule has 4 amide bonds. The van der Waals surface area contributed by atoms with Gasteiger partial charge in [-0.25, -0.2) is 19.6 Å². The van der Waals surface area contributed by atoms with Gasteiger partial charge in [0, 0.05) is 27.2 Å². The molecule has 2 saturated heterocycles. The first kappa shape index (κ1) is 40.6. The minimum absolute atomic E-state index is 0.275. The molecule has 0 bridgehead atoms. The third-order valence-electron chi connectivity index (χ3n) is 12.0. The number of rotatable bonds is 11. The molecule has 2 fully saturated rings. The summed E-state index contributed by atoms with van der Waals surface area (Å²) in [5, 5.41) is 19.6. The number of hydrogen-bond donors (Lipinski definition) is 4. The van der Waals surface area contributed by atoms with Crippen molar-refractivity contribution in [2.75, 3.05) is 27.2 Å². The number of hydrogen-bond acceptors (Lipinski definition) is 6. The molecule has 8 rings (SSSR count). The Labute approximate surface area is 353 Å². The van der Waals surface area contributed by atoms with Crippen molar-refractivity contribution in [3.63, 3.8) is 0 Å². The van der Waals surface area contributed by atoms with Gasteiger partial charge in [-0.05, 0) is 77.6 Å². The second-order valence-corrected chi connectivity index (χ2v) is 15.8. The van der Waals surface area contributed by atoms with Gasteiger partial charge in [0.15, 0.2) is 0 Å². The second-order valence-electron chi connectivity index (χ2n) is 15.8. The Morgan fingerprint density at radius 1 is 0.623 bits per heavy atom. The highest BCUT2D eigenvalue weighted by Crippen LogP contribution is 2.38. The second kappa shape index (κ2) is 17.2. The van der Waals surface area contributed by atoms with Crippen LogP contribution in [0.4, 0.5) is 9.59 Å². The molecule has 14 nitrogen and oxygen atoms in total. The van der Waals surface area contributed by atoms with E-state index >= 15 is 0 Å². The van der Waals surface area contributed by atoms with E-state index in [0.717, 1.165) is 61.8 Å². The Bertz CT molecular complexity index is 2540. The number of carbonyl (C=O) groups is 4. The Morgan fingerprint density at radius 2 is 1.05 bits per heavy atom. The van der Waals surface area contributed by atoms with Gasteiger partial charge in [-0.15, -0.1) is 0 Å². The third kappa shape index (κ3) is 8.08. The quantitative estimate of drug-likeness (QED) is 0.101. The molecular weight excluding hydrogens is 773 g/mol. The average Bonchev–Trinajstić information content (AvgIpc) is 4.12. The molecule has 312 valence electrons. The van der Waals surface area contributed by atoms with Crippen molar-refractivity contribution in [3.8, 4) is 33.6 Å². The Hall–Kier alpha value is -7.22. The van der Waals surface area contributed by atoms with Crippen molar-refractivity contribution in [3.05, 3.63) is 144 Å². The monoisotopic (exact) mass is 820 g/mol. The molecule has 61 heavy (non-hydrogen) atoms. The summed E-state index contributed by atoms with van der Waals surface area (Å²) in [5.74, 6) is 0.780. The zero-order valence-corrected chi connectivity index (χ0v) is 34.2. The molecule has 0 saturated carbocycles. The van der Waals surface area contributed by atoms with E-state index in [0.29, 0.717) is 48.7 Å². The van der Waals surface area contributed by atoms with Crippen molar-refractivity contribution in [2.24, 2.45) is 0 Å². The molecule has 0 unspecified atom stereocenters. The number of amides is 4. The zero-order valence-electron chi connectivity index (χ0n) is 34.2. The van der Waals surface area contributed by atoms with Crippen LogP contribution < -0.4 is 0 Å². The van der Waals surface area contributed by atoms with Gasteiger partial charge in [0.2, 0.25) is 0 Å². The summed E-state index contributed by atoms with van der Waals surface area (Å²) in [4.78, 5) is 73.9. The molecule has 4 aromatic carbocycles. The fourth-order valence-electron chi connectivity index (χ4n) is 8.79. The normalized spacial score (nSPS) is 17.2.